The average molecular weight is 228 g/mol. The van der Waals surface area contributed by atoms with Crippen LogP contribution in [0.4, 0.5) is 5.82 Å². The SMILES string of the molecule is COc1cccc(CCc2cccnc2N)c1. The lowest BCUT2D eigenvalue weighted by Crippen LogP contribution is -1.99. The number of anilines is 1. The quantitative estimate of drug-likeness (QED) is 0.874. The highest BCUT2D eigenvalue weighted by Gasteiger charge is 2.01. The number of ether oxygens (including phenoxy) is 1. The van der Waals surface area contributed by atoms with Gasteiger partial charge in [-0.25, -0.2) is 4.98 Å². The summed E-state index contributed by atoms with van der Waals surface area (Å²) in [6, 6.07) is 12.0. The molecule has 2 N–H and O–H groups in total. The van der Waals surface area contributed by atoms with Crippen molar-refractivity contribution in [3.8, 4) is 5.75 Å². The van der Waals surface area contributed by atoms with Crippen LogP contribution in [0.2, 0.25) is 0 Å². The average Bonchev–Trinajstić information content (AvgIpc) is 2.38. The van der Waals surface area contributed by atoms with Crippen molar-refractivity contribution in [3.05, 3.63) is 53.7 Å². The van der Waals surface area contributed by atoms with E-state index in [1.807, 2.05) is 30.3 Å². The van der Waals surface area contributed by atoms with Crippen molar-refractivity contribution < 1.29 is 4.74 Å². The Kier molecular flexibility index (Phi) is 3.60. The maximum atomic E-state index is 5.80. The molecule has 17 heavy (non-hydrogen) atoms. The maximum Gasteiger partial charge on any atom is 0.126 e. The molecule has 3 heteroatoms. The highest BCUT2D eigenvalue weighted by Crippen LogP contribution is 2.16. The van der Waals surface area contributed by atoms with Gasteiger partial charge in [0.05, 0.1) is 7.11 Å². The molecule has 88 valence electrons. The van der Waals surface area contributed by atoms with Crippen molar-refractivity contribution in [1.82, 2.24) is 4.98 Å². The highest BCUT2D eigenvalue weighted by atomic mass is 16.5. The predicted octanol–water partition coefficient (Wildman–Crippen LogP) is 2.46. The zero-order chi connectivity index (χ0) is 12.1. The lowest BCUT2D eigenvalue weighted by Gasteiger charge is -2.06. The van der Waals surface area contributed by atoms with E-state index in [0.717, 1.165) is 24.2 Å². The molecule has 0 saturated carbocycles. The Morgan fingerprint density at radius 2 is 2.06 bits per heavy atom. The van der Waals surface area contributed by atoms with E-state index in [9.17, 15) is 0 Å². The first-order valence-corrected chi connectivity index (χ1v) is 5.62. The van der Waals surface area contributed by atoms with Crippen LogP contribution >= 0.6 is 0 Å². The van der Waals surface area contributed by atoms with E-state index in [1.165, 1.54) is 5.56 Å². The van der Waals surface area contributed by atoms with Gasteiger partial charge in [-0.2, -0.15) is 0 Å². The van der Waals surface area contributed by atoms with Crippen molar-refractivity contribution in [1.29, 1.82) is 0 Å². The number of nitrogens with zero attached hydrogens (tertiary/aromatic N) is 1. The van der Waals surface area contributed by atoms with Crippen LogP contribution in [-0.4, -0.2) is 12.1 Å². The van der Waals surface area contributed by atoms with Gasteiger partial charge in [-0.1, -0.05) is 18.2 Å². The van der Waals surface area contributed by atoms with Gasteiger partial charge in [0.2, 0.25) is 0 Å². The minimum absolute atomic E-state index is 0.621. The van der Waals surface area contributed by atoms with Gasteiger partial charge in [0.15, 0.2) is 0 Å². The number of benzene rings is 1. The first-order valence-electron chi connectivity index (χ1n) is 5.62. The number of hydrogen-bond donors (Lipinski definition) is 1. The molecule has 0 spiro atoms. The molecule has 0 unspecified atom stereocenters. The predicted molar refractivity (Wildman–Crippen MR) is 69.1 cm³/mol. The summed E-state index contributed by atoms with van der Waals surface area (Å²) in [5.74, 6) is 1.51. The van der Waals surface area contributed by atoms with Gasteiger partial charge >= 0.3 is 0 Å². The first-order chi connectivity index (χ1) is 8.29. The molecule has 2 rings (SSSR count). The Labute approximate surface area is 101 Å². The number of nitrogens with two attached hydrogens (primary N) is 1. The van der Waals surface area contributed by atoms with E-state index in [4.69, 9.17) is 10.5 Å². The number of pyridine rings is 1. The third kappa shape index (κ3) is 2.97. The highest BCUT2D eigenvalue weighted by molar-refractivity contribution is 5.39. The van der Waals surface area contributed by atoms with E-state index in [2.05, 4.69) is 11.1 Å². The second-order valence-corrected chi connectivity index (χ2v) is 3.90. The molecule has 0 amide bonds. The zero-order valence-electron chi connectivity index (χ0n) is 9.89. The van der Waals surface area contributed by atoms with Gasteiger partial charge in [-0.05, 0) is 42.2 Å². The fourth-order valence-corrected chi connectivity index (χ4v) is 1.77. The molecule has 0 radical (unpaired) electrons. The van der Waals surface area contributed by atoms with E-state index in [-0.39, 0.29) is 0 Å². The normalized spacial score (nSPS) is 10.2. The maximum absolute atomic E-state index is 5.80. The van der Waals surface area contributed by atoms with Crippen molar-refractivity contribution in [2.45, 2.75) is 12.8 Å². The van der Waals surface area contributed by atoms with Crippen LogP contribution in [0.1, 0.15) is 11.1 Å². The van der Waals surface area contributed by atoms with Crippen LogP contribution in [0.15, 0.2) is 42.6 Å². The topological polar surface area (TPSA) is 48.1 Å². The molecule has 0 aliphatic heterocycles. The number of methoxy groups -OCH3 is 1. The summed E-state index contributed by atoms with van der Waals surface area (Å²) < 4.78 is 5.19. The summed E-state index contributed by atoms with van der Waals surface area (Å²) in [5, 5.41) is 0. The summed E-state index contributed by atoms with van der Waals surface area (Å²) >= 11 is 0. The summed E-state index contributed by atoms with van der Waals surface area (Å²) in [6.07, 6.45) is 3.55. The van der Waals surface area contributed by atoms with Crippen molar-refractivity contribution >= 4 is 5.82 Å². The number of rotatable bonds is 4. The zero-order valence-corrected chi connectivity index (χ0v) is 9.89. The Morgan fingerprint density at radius 3 is 2.82 bits per heavy atom. The molecule has 0 atom stereocenters. The summed E-state index contributed by atoms with van der Waals surface area (Å²) in [7, 11) is 1.68. The summed E-state index contributed by atoms with van der Waals surface area (Å²) in [5.41, 5.74) is 8.14. The van der Waals surface area contributed by atoms with Gasteiger partial charge in [-0.15, -0.1) is 0 Å². The standard InChI is InChI=1S/C14H16N2O/c1-17-13-6-2-4-11(10-13)7-8-12-5-3-9-16-14(12)15/h2-6,9-10H,7-8H2,1H3,(H2,15,16). The fourth-order valence-electron chi connectivity index (χ4n) is 1.77. The molecular weight excluding hydrogens is 212 g/mol. The lowest BCUT2D eigenvalue weighted by atomic mass is 10.0. The van der Waals surface area contributed by atoms with E-state index in [1.54, 1.807) is 13.3 Å². The van der Waals surface area contributed by atoms with Crippen molar-refractivity contribution in [2.75, 3.05) is 12.8 Å². The second kappa shape index (κ2) is 5.34. The summed E-state index contributed by atoms with van der Waals surface area (Å²) in [6.45, 7) is 0. The molecule has 0 saturated heterocycles. The Hall–Kier alpha value is -2.03. The molecule has 1 aromatic carbocycles. The molecular formula is C14H16N2O. The molecule has 0 aliphatic carbocycles. The van der Waals surface area contributed by atoms with Crippen LogP contribution in [0.3, 0.4) is 0 Å². The van der Waals surface area contributed by atoms with Crippen LogP contribution in [0.5, 0.6) is 5.75 Å². The molecule has 1 heterocycles. The van der Waals surface area contributed by atoms with Gasteiger partial charge in [-0.3, -0.25) is 0 Å². The molecule has 3 nitrogen and oxygen atoms in total. The van der Waals surface area contributed by atoms with Crippen molar-refractivity contribution in [3.63, 3.8) is 0 Å². The van der Waals surface area contributed by atoms with Crippen LogP contribution in [0.25, 0.3) is 0 Å². The van der Waals surface area contributed by atoms with Gasteiger partial charge in [0.1, 0.15) is 11.6 Å². The molecule has 0 bridgehead atoms. The van der Waals surface area contributed by atoms with E-state index < -0.39 is 0 Å². The molecule has 1 aromatic heterocycles. The summed E-state index contributed by atoms with van der Waals surface area (Å²) in [4.78, 5) is 4.08. The molecule has 0 aliphatic rings. The van der Waals surface area contributed by atoms with Crippen LogP contribution in [-0.2, 0) is 12.8 Å². The van der Waals surface area contributed by atoms with Gasteiger partial charge in [0.25, 0.3) is 0 Å². The first kappa shape index (κ1) is 11.5. The van der Waals surface area contributed by atoms with E-state index >= 15 is 0 Å². The smallest absolute Gasteiger partial charge is 0.126 e. The van der Waals surface area contributed by atoms with E-state index in [0.29, 0.717) is 5.82 Å². The lowest BCUT2D eigenvalue weighted by molar-refractivity contribution is 0.414. The fraction of sp³-hybridized carbons (Fsp3) is 0.214. The Morgan fingerprint density at radius 1 is 1.18 bits per heavy atom. The largest absolute Gasteiger partial charge is 0.497 e. The van der Waals surface area contributed by atoms with Gasteiger partial charge in [0, 0.05) is 6.20 Å². The number of aromatic nitrogens is 1. The minimum Gasteiger partial charge on any atom is -0.497 e. The Bertz CT molecular complexity index is 497. The van der Waals surface area contributed by atoms with Crippen molar-refractivity contribution in [2.24, 2.45) is 0 Å². The van der Waals surface area contributed by atoms with Crippen LogP contribution < -0.4 is 10.5 Å². The number of nitrogen functional groups attached to an aromatic ring is 1. The second-order valence-electron chi connectivity index (χ2n) is 3.90. The van der Waals surface area contributed by atoms with Crippen LogP contribution in [0, 0.1) is 0 Å². The Balaban J connectivity index is 2.05. The third-order valence-corrected chi connectivity index (χ3v) is 2.74. The monoisotopic (exact) mass is 228 g/mol. The molecule has 2 aromatic rings. The minimum atomic E-state index is 0.621. The third-order valence-electron chi connectivity index (χ3n) is 2.74. The van der Waals surface area contributed by atoms with Gasteiger partial charge < -0.3 is 10.5 Å². The number of aryl methyl sites for hydroxylation is 2. The molecule has 0 fully saturated rings. The number of hydrogen-bond acceptors (Lipinski definition) is 3.